The molecule has 0 radical (unpaired) electrons. The molecule has 5 aromatic carbocycles. The monoisotopic (exact) mass is 686 g/mol. The SMILES string of the molecule is COc1cc(C(C)=O)ccc1Oc1ccc(S(=O)(=O)c2ccc(Oc3ccc(C(C)=O)cc3OC)cc2S(=O)(=O)c2ccccc2)cc1. The summed E-state index contributed by atoms with van der Waals surface area (Å²) in [6, 6.07) is 25.7. The number of hydrogen-bond donors (Lipinski definition) is 0. The van der Waals surface area contributed by atoms with Gasteiger partial charge in [0.25, 0.3) is 0 Å². The Morgan fingerprint density at radius 3 is 1.44 bits per heavy atom. The van der Waals surface area contributed by atoms with E-state index in [4.69, 9.17) is 18.9 Å². The van der Waals surface area contributed by atoms with E-state index >= 15 is 0 Å². The van der Waals surface area contributed by atoms with E-state index < -0.39 is 29.5 Å². The second-order valence-electron chi connectivity index (χ2n) is 10.4. The Labute approximate surface area is 278 Å². The molecule has 0 fully saturated rings. The molecular formula is C36H30O10S2. The van der Waals surface area contributed by atoms with Crippen molar-refractivity contribution in [3.05, 3.63) is 120 Å². The first kappa shape index (κ1) is 33.9. The zero-order valence-electron chi connectivity index (χ0n) is 26.3. The van der Waals surface area contributed by atoms with Gasteiger partial charge in [0.15, 0.2) is 34.6 Å². The number of sulfone groups is 2. The summed E-state index contributed by atoms with van der Waals surface area (Å²) in [6.45, 7) is 2.83. The van der Waals surface area contributed by atoms with Gasteiger partial charge in [-0.1, -0.05) is 18.2 Å². The van der Waals surface area contributed by atoms with E-state index in [1.165, 1.54) is 113 Å². The predicted molar refractivity (Wildman–Crippen MR) is 176 cm³/mol. The lowest BCUT2D eigenvalue weighted by molar-refractivity contribution is 0.100. The fourth-order valence-electron chi connectivity index (χ4n) is 4.72. The second kappa shape index (κ2) is 13.7. The van der Waals surface area contributed by atoms with Gasteiger partial charge in [-0.3, -0.25) is 9.59 Å². The molecule has 0 unspecified atom stereocenters. The van der Waals surface area contributed by atoms with Crippen molar-refractivity contribution in [3.63, 3.8) is 0 Å². The van der Waals surface area contributed by atoms with E-state index in [0.717, 1.165) is 6.07 Å². The molecule has 0 aliphatic heterocycles. The van der Waals surface area contributed by atoms with Gasteiger partial charge in [0.1, 0.15) is 11.5 Å². The summed E-state index contributed by atoms with van der Waals surface area (Å²) in [5, 5.41) is 0. The Kier molecular flexibility index (Phi) is 9.69. The molecule has 5 aromatic rings. The molecule has 0 saturated carbocycles. The number of carbonyl (C=O) groups excluding carboxylic acids is 2. The number of hydrogen-bond acceptors (Lipinski definition) is 10. The first-order chi connectivity index (χ1) is 22.8. The number of methoxy groups -OCH3 is 2. The smallest absolute Gasteiger partial charge is 0.208 e. The van der Waals surface area contributed by atoms with Crippen LogP contribution in [0.2, 0.25) is 0 Å². The van der Waals surface area contributed by atoms with Crippen LogP contribution < -0.4 is 18.9 Å². The Hall–Kier alpha value is -5.46. The molecular weight excluding hydrogens is 657 g/mol. The summed E-state index contributed by atoms with van der Waals surface area (Å²) in [5.41, 5.74) is 0.817. The van der Waals surface area contributed by atoms with Crippen LogP contribution in [0, 0.1) is 0 Å². The number of carbonyl (C=O) groups is 2. The zero-order chi connectivity index (χ0) is 34.6. The first-order valence-corrected chi connectivity index (χ1v) is 17.3. The highest BCUT2D eigenvalue weighted by molar-refractivity contribution is 7.94. The lowest BCUT2D eigenvalue weighted by atomic mass is 10.1. The summed E-state index contributed by atoms with van der Waals surface area (Å²) in [6.07, 6.45) is 0. The fraction of sp³-hybridized carbons (Fsp3) is 0.111. The van der Waals surface area contributed by atoms with Crippen molar-refractivity contribution in [2.75, 3.05) is 14.2 Å². The van der Waals surface area contributed by atoms with E-state index in [1.54, 1.807) is 18.2 Å². The molecule has 0 spiro atoms. The van der Waals surface area contributed by atoms with Crippen molar-refractivity contribution in [3.8, 4) is 34.5 Å². The van der Waals surface area contributed by atoms with Crippen molar-refractivity contribution in [2.45, 2.75) is 33.4 Å². The summed E-state index contributed by atoms with van der Waals surface area (Å²) in [5.74, 6) is 0.978. The van der Waals surface area contributed by atoms with E-state index in [1.807, 2.05) is 0 Å². The Morgan fingerprint density at radius 1 is 0.479 bits per heavy atom. The van der Waals surface area contributed by atoms with Crippen LogP contribution in [0.25, 0.3) is 0 Å². The van der Waals surface area contributed by atoms with Crippen LogP contribution in [0.1, 0.15) is 34.6 Å². The molecule has 246 valence electrons. The Morgan fingerprint density at radius 2 is 0.938 bits per heavy atom. The second-order valence-corrected chi connectivity index (χ2v) is 14.3. The third-order valence-corrected chi connectivity index (χ3v) is 11.0. The molecule has 5 rings (SSSR count). The fourth-order valence-corrected chi connectivity index (χ4v) is 8.07. The predicted octanol–water partition coefficient (Wildman–Crippen LogP) is 7.36. The molecule has 48 heavy (non-hydrogen) atoms. The van der Waals surface area contributed by atoms with Gasteiger partial charge >= 0.3 is 0 Å². The third kappa shape index (κ3) is 6.94. The van der Waals surface area contributed by atoms with Crippen molar-refractivity contribution in [1.82, 2.24) is 0 Å². The topological polar surface area (TPSA) is 139 Å². The van der Waals surface area contributed by atoms with Crippen LogP contribution in [0.5, 0.6) is 34.5 Å². The van der Waals surface area contributed by atoms with Gasteiger partial charge < -0.3 is 18.9 Å². The Bertz CT molecular complexity index is 2230. The lowest BCUT2D eigenvalue weighted by Crippen LogP contribution is -2.11. The average molecular weight is 687 g/mol. The van der Waals surface area contributed by atoms with Crippen LogP contribution >= 0.6 is 0 Å². The maximum atomic E-state index is 14.0. The zero-order valence-corrected chi connectivity index (χ0v) is 27.9. The highest BCUT2D eigenvalue weighted by Gasteiger charge is 2.30. The quantitative estimate of drug-likeness (QED) is 0.122. The van der Waals surface area contributed by atoms with Gasteiger partial charge in [-0.2, -0.15) is 0 Å². The first-order valence-electron chi connectivity index (χ1n) is 14.4. The maximum Gasteiger partial charge on any atom is 0.208 e. The van der Waals surface area contributed by atoms with E-state index in [9.17, 15) is 26.4 Å². The van der Waals surface area contributed by atoms with Gasteiger partial charge in [0, 0.05) is 17.2 Å². The summed E-state index contributed by atoms with van der Waals surface area (Å²) in [4.78, 5) is 22.3. The molecule has 0 aliphatic carbocycles. The van der Waals surface area contributed by atoms with Crippen molar-refractivity contribution < 1.29 is 45.4 Å². The minimum atomic E-state index is -4.41. The normalized spacial score (nSPS) is 11.4. The number of ketones is 2. The van der Waals surface area contributed by atoms with Crippen molar-refractivity contribution >= 4 is 31.2 Å². The number of rotatable bonds is 12. The standard InChI is InChI=1S/C36H30O10S2/c1-23(37)25-10-17-31(33(20-25)43-3)45-27-12-15-30(16-13-27)47(39,40)35-19-14-28(22-36(35)48(41,42)29-8-6-5-7-9-29)46-32-18-11-26(24(2)38)21-34(32)44-4/h5-22H,1-4H3. The molecule has 0 heterocycles. The van der Waals surface area contributed by atoms with E-state index in [0.29, 0.717) is 22.6 Å². The van der Waals surface area contributed by atoms with Crippen LogP contribution in [-0.2, 0) is 19.7 Å². The van der Waals surface area contributed by atoms with Crippen molar-refractivity contribution in [2.24, 2.45) is 0 Å². The number of ether oxygens (including phenoxy) is 4. The van der Waals surface area contributed by atoms with Crippen LogP contribution in [0.4, 0.5) is 0 Å². The van der Waals surface area contributed by atoms with Gasteiger partial charge in [-0.05, 0) is 98.8 Å². The number of Topliss-reactive ketones (excluding diaryl/α,β-unsaturated/α-hetero) is 2. The minimum absolute atomic E-state index is 0.0193. The molecule has 0 N–H and O–H groups in total. The lowest BCUT2D eigenvalue weighted by Gasteiger charge is -2.16. The van der Waals surface area contributed by atoms with Crippen LogP contribution in [0.3, 0.4) is 0 Å². The largest absolute Gasteiger partial charge is 0.493 e. The molecule has 0 aliphatic rings. The van der Waals surface area contributed by atoms with Gasteiger partial charge in [-0.25, -0.2) is 16.8 Å². The van der Waals surface area contributed by atoms with Crippen LogP contribution in [-0.4, -0.2) is 42.6 Å². The maximum absolute atomic E-state index is 14.0. The third-order valence-electron chi connectivity index (χ3n) is 7.28. The van der Waals surface area contributed by atoms with E-state index in [-0.39, 0.29) is 44.4 Å². The molecule has 0 aromatic heterocycles. The molecule has 0 saturated heterocycles. The summed E-state index contributed by atoms with van der Waals surface area (Å²) in [7, 11) is -5.96. The highest BCUT2D eigenvalue weighted by atomic mass is 32.2. The van der Waals surface area contributed by atoms with Gasteiger partial charge in [0.2, 0.25) is 19.7 Å². The molecule has 0 atom stereocenters. The molecule has 10 nitrogen and oxygen atoms in total. The molecule has 0 bridgehead atoms. The van der Waals surface area contributed by atoms with Gasteiger partial charge in [-0.15, -0.1) is 0 Å². The molecule has 0 amide bonds. The van der Waals surface area contributed by atoms with Crippen LogP contribution in [0.15, 0.2) is 129 Å². The summed E-state index contributed by atoms with van der Waals surface area (Å²) < 4.78 is 78.4. The minimum Gasteiger partial charge on any atom is -0.493 e. The average Bonchev–Trinajstić information content (AvgIpc) is 3.09. The number of benzene rings is 5. The highest BCUT2D eigenvalue weighted by Crippen LogP contribution is 2.39. The van der Waals surface area contributed by atoms with E-state index in [2.05, 4.69) is 0 Å². The molecule has 12 heteroatoms. The van der Waals surface area contributed by atoms with Gasteiger partial charge in [0.05, 0.1) is 33.8 Å². The Balaban J connectivity index is 1.54. The summed E-state index contributed by atoms with van der Waals surface area (Å²) >= 11 is 0. The van der Waals surface area contributed by atoms with Crippen molar-refractivity contribution in [1.29, 1.82) is 0 Å².